The Morgan fingerprint density at radius 3 is 2.60 bits per heavy atom. The lowest BCUT2D eigenvalue weighted by atomic mass is 10.1. The number of aryl methyl sites for hydroxylation is 1. The third-order valence-corrected chi connectivity index (χ3v) is 6.59. The smallest absolute Gasteiger partial charge is 0.265 e. The number of halogens is 1. The Kier molecular flexibility index (Phi) is 7.93. The van der Waals surface area contributed by atoms with Crippen molar-refractivity contribution >= 4 is 34.9 Å². The minimum atomic E-state index is -0.243. The van der Waals surface area contributed by atoms with E-state index in [0.717, 1.165) is 31.7 Å². The van der Waals surface area contributed by atoms with Gasteiger partial charge in [0.15, 0.2) is 19.0 Å². The third-order valence-electron chi connectivity index (χ3n) is 6.30. The zero-order chi connectivity index (χ0) is 24.9. The Morgan fingerprint density at radius 2 is 1.86 bits per heavy atom. The van der Waals surface area contributed by atoms with E-state index in [4.69, 9.17) is 21.1 Å². The number of piperazine rings is 1. The molecule has 1 fully saturated rings. The number of carbonyl (C=O) groups excluding carboxylic acids is 3. The number of likely N-dealkylation sites (N-methyl/N-ethyl adjacent to an activating group) is 1. The maximum atomic E-state index is 12.8. The van der Waals surface area contributed by atoms with E-state index >= 15 is 0 Å². The second kappa shape index (κ2) is 11.1. The highest BCUT2D eigenvalue weighted by atomic mass is 35.5. The Morgan fingerprint density at radius 1 is 1.09 bits per heavy atom. The number of benzene rings is 2. The number of ketones is 1. The molecule has 0 saturated carbocycles. The largest absolute Gasteiger partial charge is 0.484 e. The highest BCUT2D eigenvalue weighted by molar-refractivity contribution is 6.32. The van der Waals surface area contributed by atoms with Gasteiger partial charge in [-0.3, -0.25) is 14.4 Å². The summed E-state index contributed by atoms with van der Waals surface area (Å²) < 4.78 is 11.2. The van der Waals surface area contributed by atoms with Crippen molar-refractivity contribution in [2.75, 3.05) is 57.9 Å². The lowest BCUT2D eigenvalue weighted by Crippen LogP contribution is -2.47. The predicted octanol–water partition coefficient (Wildman–Crippen LogP) is 3.19. The Balaban J connectivity index is 1.38. The summed E-state index contributed by atoms with van der Waals surface area (Å²) in [5.74, 6) is 0.641. The van der Waals surface area contributed by atoms with E-state index < -0.39 is 0 Å². The third kappa shape index (κ3) is 6.13. The molecular weight excluding hydrogens is 470 g/mol. The topological polar surface area (TPSA) is 79.4 Å². The van der Waals surface area contributed by atoms with Gasteiger partial charge in [0.05, 0.1) is 10.7 Å². The molecule has 2 aromatic rings. The van der Waals surface area contributed by atoms with Crippen LogP contribution in [0.25, 0.3) is 0 Å². The normalized spacial score (nSPS) is 16.0. The fraction of sp³-hybridized carbons (Fsp3) is 0.423. The van der Waals surface area contributed by atoms with Crippen LogP contribution in [0.15, 0.2) is 36.4 Å². The van der Waals surface area contributed by atoms with E-state index in [2.05, 4.69) is 4.90 Å². The van der Waals surface area contributed by atoms with Crippen molar-refractivity contribution in [3.63, 3.8) is 0 Å². The van der Waals surface area contributed by atoms with Crippen LogP contribution in [0, 0.1) is 6.92 Å². The van der Waals surface area contributed by atoms with Gasteiger partial charge < -0.3 is 24.2 Å². The predicted molar refractivity (Wildman–Crippen MR) is 134 cm³/mol. The second-order valence-electron chi connectivity index (χ2n) is 8.95. The summed E-state index contributed by atoms with van der Waals surface area (Å²) in [6.07, 6.45) is 0.900. The van der Waals surface area contributed by atoms with E-state index in [-0.39, 0.29) is 30.8 Å². The number of nitrogens with zero attached hydrogens (tertiary/aromatic N) is 3. The van der Waals surface area contributed by atoms with Gasteiger partial charge in [0, 0.05) is 44.7 Å². The van der Waals surface area contributed by atoms with Gasteiger partial charge in [-0.25, -0.2) is 0 Å². The zero-order valence-electron chi connectivity index (χ0n) is 20.1. The van der Waals surface area contributed by atoms with Crippen molar-refractivity contribution in [2.45, 2.75) is 19.8 Å². The molecule has 9 heteroatoms. The van der Waals surface area contributed by atoms with Crippen molar-refractivity contribution in [1.82, 2.24) is 9.80 Å². The molecule has 0 atom stereocenters. The van der Waals surface area contributed by atoms with Crippen LogP contribution in [0.3, 0.4) is 0 Å². The van der Waals surface area contributed by atoms with Gasteiger partial charge in [-0.2, -0.15) is 0 Å². The summed E-state index contributed by atoms with van der Waals surface area (Å²) in [6.45, 7) is 5.26. The fourth-order valence-corrected chi connectivity index (χ4v) is 4.46. The van der Waals surface area contributed by atoms with Gasteiger partial charge in [0.2, 0.25) is 5.91 Å². The van der Waals surface area contributed by atoms with Crippen LogP contribution >= 0.6 is 11.6 Å². The molecular formula is C26H30ClN3O5. The van der Waals surface area contributed by atoms with Crippen molar-refractivity contribution in [3.05, 3.63) is 52.5 Å². The Labute approximate surface area is 210 Å². The van der Waals surface area contributed by atoms with Gasteiger partial charge in [0.1, 0.15) is 11.5 Å². The number of Topliss-reactive ketones (excluding diaryl/α,β-unsaturated/α-hetero) is 1. The van der Waals surface area contributed by atoms with Gasteiger partial charge in [-0.1, -0.05) is 17.7 Å². The molecule has 0 bridgehead atoms. The second-order valence-corrected chi connectivity index (χ2v) is 9.36. The number of rotatable bonds is 8. The van der Waals surface area contributed by atoms with E-state index in [1.165, 1.54) is 0 Å². The summed E-state index contributed by atoms with van der Waals surface area (Å²) in [5.41, 5.74) is 1.94. The molecule has 2 heterocycles. The van der Waals surface area contributed by atoms with Crippen LogP contribution in [0.5, 0.6) is 11.5 Å². The monoisotopic (exact) mass is 499 g/mol. The molecule has 0 aliphatic carbocycles. The lowest BCUT2D eigenvalue weighted by molar-refractivity contribution is -0.133. The molecule has 2 amide bonds. The molecule has 2 aliphatic rings. The molecule has 0 aromatic heterocycles. The molecule has 2 aromatic carbocycles. The minimum Gasteiger partial charge on any atom is -0.484 e. The number of hydrogen-bond donors (Lipinski definition) is 0. The average Bonchev–Trinajstić information content (AvgIpc) is 2.84. The molecule has 8 nitrogen and oxygen atoms in total. The number of anilines is 1. The van der Waals surface area contributed by atoms with Gasteiger partial charge in [0.25, 0.3) is 5.91 Å². The molecule has 0 N–H and O–H groups in total. The van der Waals surface area contributed by atoms with Crippen LogP contribution in [-0.2, 0) is 9.59 Å². The summed E-state index contributed by atoms with van der Waals surface area (Å²) in [4.78, 5) is 43.7. The van der Waals surface area contributed by atoms with Gasteiger partial charge >= 0.3 is 0 Å². The first-order valence-electron chi connectivity index (χ1n) is 11.8. The summed E-state index contributed by atoms with van der Waals surface area (Å²) >= 11 is 6.19. The van der Waals surface area contributed by atoms with Gasteiger partial charge in [-0.15, -0.1) is 0 Å². The number of ether oxygens (including phenoxy) is 2. The first kappa shape index (κ1) is 25.0. The van der Waals surface area contributed by atoms with E-state index in [1.807, 2.05) is 24.9 Å². The van der Waals surface area contributed by atoms with E-state index in [9.17, 15) is 14.4 Å². The zero-order valence-corrected chi connectivity index (χ0v) is 20.8. The summed E-state index contributed by atoms with van der Waals surface area (Å²) in [5, 5.41) is 0.444. The van der Waals surface area contributed by atoms with E-state index in [0.29, 0.717) is 47.2 Å². The van der Waals surface area contributed by atoms with Gasteiger partial charge in [-0.05, 0) is 56.3 Å². The molecule has 4 rings (SSSR count). The van der Waals surface area contributed by atoms with Crippen molar-refractivity contribution < 1.29 is 23.9 Å². The maximum Gasteiger partial charge on any atom is 0.265 e. The standard InChI is InChI=1S/C26H30ClN3O5/c1-18-5-7-23(20(27)14-18)34-16-22(31)19-6-8-24-21(15-19)30(26(33)17-35-24)9-3-4-25(32)29-12-10-28(2)11-13-29/h5-8,14-15H,3-4,9-13,16-17H2,1-2H3. The molecule has 0 unspecified atom stereocenters. The Hall–Kier alpha value is -3.10. The van der Waals surface area contributed by atoms with Crippen LogP contribution in [0.1, 0.15) is 28.8 Å². The quantitative estimate of drug-likeness (QED) is 0.519. The van der Waals surface area contributed by atoms with Crippen LogP contribution in [0.2, 0.25) is 5.02 Å². The van der Waals surface area contributed by atoms with E-state index in [1.54, 1.807) is 35.2 Å². The highest BCUT2D eigenvalue weighted by Gasteiger charge is 2.27. The molecule has 0 radical (unpaired) electrons. The Bertz CT molecular complexity index is 1110. The molecule has 0 spiro atoms. The maximum absolute atomic E-state index is 12.8. The SMILES string of the molecule is Cc1ccc(OCC(=O)c2ccc3c(c2)N(CCCC(=O)N2CCN(C)CC2)C(=O)CO3)c(Cl)c1. The number of amides is 2. The number of carbonyl (C=O) groups is 3. The summed E-state index contributed by atoms with van der Waals surface area (Å²) in [6, 6.07) is 10.4. The number of hydrogen-bond acceptors (Lipinski definition) is 6. The molecule has 2 aliphatic heterocycles. The summed E-state index contributed by atoms with van der Waals surface area (Å²) in [7, 11) is 2.05. The number of fused-ring (bicyclic) bond motifs is 1. The minimum absolute atomic E-state index is 0.0677. The van der Waals surface area contributed by atoms with Crippen LogP contribution in [0.4, 0.5) is 5.69 Å². The molecule has 186 valence electrons. The van der Waals surface area contributed by atoms with Crippen molar-refractivity contribution in [1.29, 1.82) is 0 Å². The first-order chi connectivity index (χ1) is 16.8. The van der Waals surface area contributed by atoms with Crippen molar-refractivity contribution in [2.24, 2.45) is 0 Å². The lowest BCUT2D eigenvalue weighted by Gasteiger charge is -2.33. The average molecular weight is 500 g/mol. The first-order valence-corrected chi connectivity index (χ1v) is 12.2. The highest BCUT2D eigenvalue weighted by Crippen LogP contribution is 2.33. The van der Waals surface area contributed by atoms with Crippen LogP contribution in [-0.4, -0.2) is 80.4 Å². The molecule has 35 heavy (non-hydrogen) atoms. The van der Waals surface area contributed by atoms with Crippen molar-refractivity contribution in [3.8, 4) is 11.5 Å². The fourth-order valence-electron chi connectivity index (χ4n) is 4.17. The molecule has 1 saturated heterocycles. The van der Waals surface area contributed by atoms with Crippen LogP contribution < -0.4 is 14.4 Å².